The number of fused-ring (bicyclic) bond motifs is 1. The molecule has 6 heteroatoms. The molecule has 1 N–H and O–H groups in total. The molecule has 2 aromatic rings. The summed E-state index contributed by atoms with van der Waals surface area (Å²) in [6, 6.07) is 0. The SMILES string of the molecule is CC(C)c1csc2nc(C3CCC(F)(F)C3)[nH]c(=O)c12. The quantitative estimate of drug-likeness (QED) is 0.910. The normalized spacial score (nSPS) is 21.9. The van der Waals surface area contributed by atoms with Gasteiger partial charge in [0.25, 0.3) is 5.56 Å². The Morgan fingerprint density at radius 2 is 2.25 bits per heavy atom. The number of alkyl halides is 2. The molecule has 2 aromatic heterocycles. The lowest BCUT2D eigenvalue weighted by atomic mass is 10.0. The monoisotopic (exact) mass is 298 g/mol. The zero-order chi connectivity index (χ0) is 14.5. The number of halogens is 2. The molecule has 0 amide bonds. The molecule has 1 saturated carbocycles. The van der Waals surface area contributed by atoms with E-state index in [-0.39, 0.29) is 30.2 Å². The van der Waals surface area contributed by atoms with Crippen LogP contribution in [0, 0.1) is 0 Å². The highest BCUT2D eigenvalue weighted by Crippen LogP contribution is 2.43. The Morgan fingerprint density at radius 3 is 2.85 bits per heavy atom. The van der Waals surface area contributed by atoms with Crippen LogP contribution in [-0.4, -0.2) is 15.9 Å². The van der Waals surface area contributed by atoms with Crippen LogP contribution in [0.3, 0.4) is 0 Å². The van der Waals surface area contributed by atoms with E-state index >= 15 is 0 Å². The molecule has 3 rings (SSSR count). The second-order valence-electron chi connectivity index (χ2n) is 5.77. The van der Waals surface area contributed by atoms with Gasteiger partial charge in [-0.1, -0.05) is 13.8 Å². The summed E-state index contributed by atoms with van der Waals surface area (Å²) in [4.78, 5) is 20.0. The number of aromatic amines is 1. The summed E-state index contributed by atoms with van der Waals surface area (Å²) in [6.07, 6.45) is 0.0365. The number of H-pyrrole nitrogens is 1. The Labute approximate surface area is 119 Å². The number of nitrogens with one attached hydrogen (secondary N) is 1. The van der Waals surface area contributed by atoms with Gasteiger partial charge in [-0.3, -0.25) is 4.79 Å². The van der Waals surface area contributed by atoms with E-state index in [1.807, 2.05) is 19.2 Å². The molecule has 0 aromatic carbocycles. The van der Waals surface area contributed by atoms with Gasteiger partial charge < -0.3 is 4.98 Å². The van der Waals surface area contributed by atoms with Crippen molar-refractivity contribution in [2.45, 2.75) is 50.9 Å². The number of thiophene rings is 1. The van der Waals surface area contributed by atoms with E-state index in [2.05, 4.69) is 9.97 Å². The molecular formula is C14H16F2N2OS. The largest absolute Gasteiger partial charge is 0.310 e. The number of hydrogen-bond donors (Lipinski definition) is 1. The van der Waals surface area contributed by atoms with Crippen molar-refractivity contribution < 1.29 is 8.78 Å². The third-order valence-electron chi connectivity index (χ3n) is 3.90. The minimum atomic E-state index is -2.63. The summed E-state index contributed by atoms with van der Waals surface area (Å²) in [5.74, 6) is -2.31. The van der Waals surface area contributed by atoms with Crippen molar-refractivity contribution in [2.75, 3.05) is 0 Å². The summed E-state index contributed by atoms with van der Waals surface area (Å²) in [5.41, 5.74) is 0.771. The fraction of sp³-hybridized carbons (Fsp3) is 0.571. The highest BCUT2D eigenvalue weighted by Gasteiger charge is 2.41. The lowest BCUT2D eigenvalue weighted by Crippen LogP contribution is -2.15. The van der Waals surface area contributed by atoms with Gasteiger partial charge in [-0.15, -0.1) is 11.3 Å². The maximum absolute atomic E-state index is 13.3. The van der Waals surface area contributed by atoms with E-state index in [0.29, 0.717) is 22.5 Å². The first-order valence-corrected chi connectivity index (χ1v) is 7.64. The first-order chi connectivity index (χ1) is 9.37. The molecule has 0 spiro atoms. The standard InChI is InChI=1S/C14H16F2N2OS/c1-7(2)9-6-20-13-10(9)12(19)17-11(18-13)8-3-4-14(15,16)5-8/h6-8H,3-5H2,1-2H3,(H,17,18,19). The van der Waals surface area contributed by atoms with Crippen LogP contribution in [0.5, 0.6) is 0 Å². The van der Waals surface area contributed by atoms with E-state index in [9.17, 15) is 13.6 Å². The highest BCUT2D eigenvalue weighted by atomic mass is 32.1. The van der Waals surface area contributed by atoms with Crippen LogP contribution >= 0.6 is 11.3 Å². The predicted molar refractivity (Wildman–Crippen MR) is 75.9 cm³/mol. The Morgan fingerprint density at radius 1 is 1.50 bits per heavy atom. The lowest BCUT2D eigenvalue weighted by Gasteiger charge is -2.10. The summed E-state index contributed by atoms with van der Waals surface area (Å²) in [6.45, 7) is 4.04. The van der Waals surface area contributed by atoms with E-state index < -0.39 is 5.92 Å². The van der Waals surface area contributed by atoms with Crippen molar-refractivity contribution in [3.63, 3.8) is 0 Å². The number of aromatic nitrogens is 2. The average Bonchev–Trinajstić information content (AvgIpc) is 2.92. The minimum absolute atomic E-state index is 0.124. The maximum Gasteiger partial charge on any atom is 0.259 e. The molecule has 2 heterocycles. The molecule has 0 aliphatic heterocycles. The Bertz CT molecular complexity index is 705. The van der Waals surface area contributed by atoms with Crippen LogP contribution in [0.1, 0.15) is 56.3 Å². The molecule has 1 atom stereocenters. The van der Waals surface area contributed by atoms with Gasteiger partial charge in [-0.2, -0.15) is 0 Å². The second-order valence-corrected chi connectivity index (χ2v) is 6.63. The van der Waals surface area contributed by atoms with Crippen molar-refractivity contribution in [3.05, 3.63) is 27.1 Å². The van der Waals surface area contributed by atoms with Crippen LogP contribution in [-0.2, 0) is 0 Å². The summed E-state index contributed by atoms with van der Waals surface area (Å²) >= 11 is 1.41. The average molecular weight is 298 g/mol. The van der Waals surface area contributed by atoms with E-state index in [0.717, 1.165) is 5.56 Å². The summed E-state index contributed by atoms with van der Waals surface area (Å²) in [7, 11) is 0. The maximum atomic E-state index is 13.3. The van der Waals surface area contributed by atoms with Crippen LogP contribution < -0.4 is 5.56 Å². The molecule has 1 aliphatic rings. The highest BCUT2D eigenvalue weighted by molar-refractivity contribution is 7.16. The number of nitrogens with zero attached hydrogens (tertiary/aromatic N) is 1. The molecule has 0 bridgehead atoms. The molecule has 1 unspecified atom stereocenters. The van der Waals surface area contributed by atoms with E-state index in [4.69, 9.17) is 0 Å². The molecule has 20 heavy (non-hydrogen) atoms. The Kier molecular flexibility index (Phi) is 3.16. The van der Waals surface area contributed by atoms with Gasteiger partial charge in [-0.05, 0) is 23.3 Å². The number of rotatable bonds is 2. The first kappa shape index (κ1) is 13.7. The van der Waals surface area contributed by atoms with Crippen LogP contribution in [0.25, 0.3) is 10.2 Å². The molecule has 1 fully saturated rings. The lowest BCUT2D eigenvalue weighted by molar-refractivity contribution is 0.00754. The zero-order valence-electron chi connectivity index (χ0n) is 11.4. The van der Waals surface area contributed by atoms with Gasteiger partial charge in [0.05, 0.1) is 5.39 Å². The smallest absolute Gasteiger partial charge is 0.259 e. The second kappa shape index (κ2) is 4.62. The van der Waals surface area contributed by atoms with Gasteiger partial charge in [0.1, 0.15) is 10.7 Å². The summed E-state index contributed by atoms with van der Waals surface area (Å²) in [5, 5.41) is 2.54. The minimum Gasteiger partial charge on any atom is -0.310 e. The zero-order valence-corrected chi connectivity index (χ0v) is 12.2. The third-order valence-corrected chi connectivity index (χ3v) is 4.79. The summed E-state index contributed by atoms with van der Waals surface area (Å²) < 4.78 is 26.6. The first-order valence-electron chi connectivity index (χ1n) is 6.76. The van der Waals surface area contributed by atoms with E-state index in [1.165, 1.54) is 11.3 Å². The van der Waals surface area contributed by atoms with Gasteiger partial charge in [0.15, 0.2) is 0 Å². The van der Waals surface area contributed by atoms with Crippen molar-refractivity contribution in [3.8, 4) is 0 Å². The van der Waals surface area contributed by atoms with Crippen molar-refractivity contribution >= 4 is 21.6 Å². The van der Waals surface area contributed by atoms with E-state index in [1.54, 1.807) is 0 Å². The van der Waals surface area contributed by atoms with Crippen LogP contribution in [0.15, 0.2) is 10.2 Å². The molecule has 0 radical (unpaired) electrons. The fourth-order valence-corrected chi connectivity index (χ4v) is 3.90. The molecule has 108 valence electrons. The topological polar surface area (TPSA) is 45.8 Å². The number of hydrogen-bond acceptors (Lipinski definition) is 3. The van der Waals surface area contributed by atoms with Gasteiger partial charge >= 0.3 is 0 Å². The van der Waals surface area contributed by atoms with Crippen molar-refractivity contribution in [1.29, 1.82) is 0 Å². The third kappa shape index (κ3) is 2.26. The fourth-order valence-electron chi connectivity index (χ4n) is 2.79. The van der Waals surface area contributed by atoms with Gasteiger partial charge in [0.2, 0.25) is 5.92 Å². The van der Waals surface area contributed by atoms with Gasteiger partial charge in [0, 0.05) is 18.8 Å². The van der Waals surface area contributed by atoms with Gasteiger partial charge in [-0.25, -0.2) is 13.8 Å². The van der Waals surface area contributed by atoms with Crippen LogP contribution in [0.2, 0.25) is 0 Å². The molecule has 1 aliphatic carbocycles. The van der Waals surface area contributed by atoms with Crippen molar-refractivity contribution in [2.24, 2.45) is 0 Å². The molecule has 0 saturated heterocycles. The Hall–Kier alpha value is -1.30. The predicted octanol–water partition coefficient (Wildman–Crippen LogP) is 4.01. The van der Waals surface area contributed by atoms with Crippen molar-refractivity contribution in [1.82, 2.24) is 9.97 Å². The molecule has 3 nitrogen and oxygen atoms in total. The Balaban J connectivity index is 2.06. The van der Waals surface area contributed by atoms with Crippen LogP contribution in [0.4, 0.5) is 8.78 Å². The molecular weight excluding hydrogens is 282 g/mol.